The van der Waals surface area contributed by atoms with Crippen LogP contribution in [0.1, 0.15) is 22.0 Å². The zero-order chi connectivity index (χ0) is 12.4. The average Bonchev–Trinajstić information content (AvgIpc) is 2.71. The fourth-order valence-electron chi connectivity index (χ4n) is 1.51. The van der Waals surface area contributed by atoms with Crippen LogP contribution in [0.3, 0.4) is 0 Å². The maximum Gasteiger partial charge on any atom is 0.416 e. The molecule has 4 nitrogen and oxygen atoms in total. The summed E-state index contributed by atoms with van der Waals surface area (Å²) in [6.07, 6.45) is 0. The largest absolute Gasteiger partial charge is 0.433 e. The smallest absolute Gasteiger partial charge is 0.416 e. The van der Waals surface area contributed by atoms with Crippen LogP contribution >= 0.6 is 0 Å². The molecule has 0 N–H and O–H groups in total. The molecule has 2 rings (SSSR count). The topological polar surface area (TPSA) is 52.3 Å². The lowest BCUT2D eigenvalue weighted by Gasteiger charge is -1.98. The summed E-state index contributed by atoms with van der Waals surface area (Å²) >= 11 is 0. The average molecular weight is 235 g/mol. The van der Waals surface area contributed by atoms with Crippen LogP contribution in [0, 0.1) is 13.8 Å². The van der Waals surface area contributed by atoms with Crippen LogP contribution in [0.4, 0.5) is 4.53 Å². The summed E-state index contributed by atoms with van der Waals surface area (Å²) in [5.74, 6) is -1.13. The fourth-order valence-corrected chi connectivity index (χ4v) is 1.51. The third-order valence-corrected chi connectivity index (χ3v) is 2.31. The summed E-state index contributed by atoms with van der Waals surface area (Å²) in [5, 5.41) is 0. The van der Waals surface area contributed by atoms with E-state index in [2.05, 4.69) is 9.93 Å². The molecule has 0 aliphatic heterocycles. The molecule has 0 aliphatic rings. The molecule has 0 saturated heterocycles. The summed E-state index contributed by atoms with van der Waals surface area (Å²) in [6.45, 7) is 3.52. The van der Waals surface area contributed by atoms with Gasteiger partial charge in [-0.05, 0) is 6.92 Å². The summed E-state index contributed by atoms with van der Waals surface area (Å²) in [6, 6.07) is 7.29. The Balaban J connectivity index is 2.51. The molecular weight excluding hydrogens is 225 g/mol. The van der Waals surface area contributed by atoms with Gasteiger partial charge in [0.15, 0.2) is 5.89 Å². The Labute approximate surface area is 96.9 Å². The van der Waals surface area contributed by atoms with Gasteiger partial charge in [0.1, 0.15) is 5.69 Å². The second-order valence-corrected chi connectivity index (χ2v) is 3.64. The Morgan fingerprint density at radius 3 is 2.53 bits per heavy atom. The maximum absolute atomic E-state index is 11.9. The standard InChI is InChI=1S/C12H10FNO3/c1-7-3-5-9(6-4-7)10-11(12(15)17-13)16-8(2)14-10/h3-6H,1-2H3. The van der Waals surface area contributed by atoms with Gasteiger partial charge in [-0.2, -0.15) is 0 Å². The lowest BCUT2D eigenvalue weighted by molar-refractivity contribution is -0.0811. The fraction of sp³-hybridized carbons (Fsp3) is 0.167. The number of halogens is 1. The number of rotatable bonds is 2. The summed E-state index contributed by atoms with van der Waals surface area (Å²) in [7, 11) is 0. The molecule has 1 aromatic heterocycles. The molecule has 0 spiro atoms. The van der Waals surface area contributed by atoms with E-state index < -0.39 is 5.97 Å². The Bertz CT molecular complexity index is 545. The van der Waals surface area contributed by atoms with Crippen molar-refractivity contribution in [2.45, 2.75) is 13.8 Å². The van der Waals surface area contributed by atoms with Gasteiger partial charge in [0, 0.05) is 17.0 Å². The highest BCUT2D eigenvalue weighted by atomic mass is 19.3. The van der Waals surface area contributed by atoms with Gasteiger partial charge in [-0.3, -0.25) is 0 Å². The van der Waals surface area contributed by atoms with Gasteiger partial charge < -0.3 is 4.42 Å². The molecular formula is C12H10FNO3. The molecule has 0 saturated carbocycles. The molecule has 17 heavy (non-hydrogen) atoms. The molecule has 0 bridgehead atoms. The number of hydrogen-bond donors (Lipinski definition) is 0. The summed E-state index contributed by atoms with van der Waals surface area (Å²) in [5.41, 5.74) is 2.03. The van der Waals surface area contributed by atoms with Crippen LogP contribution in [0.15, 0.2) is 28.7 Å². The van der Waals surface area contributed by atoms with Crippen molar-refractivity contribution in [1.29, 1.82) is 0 Å². The number of aromatic nitrogens is 1. The molecule has 0 aliphatic carbocycles. The van der Waals surface area contributed by atoms with E-state index in [1.807, 2.05) is 19.1 Å². The Morgan fingerprint density at radius 1 is 1.29 bits per heavy atom. The minimum atomic E-state index is -1.18. The first-order valence-electron chi connectivity index (χ1n) is 4.99. The van der Waals surface area contributed by atoms with Crippen molar-refractivity contribution in [3.05, 3.63) is 41.5 Å². The number of benzene rings is 1. The molecule has 1 aromatic carbocycles. The number of nitrogens with zero attached hydrogens (tertiary/aromatic N) is 1. The highest BCUT2D eigenvalue weighted by molar-refractivity contribution is 5.92. The van der Waals surface area contributed by atoms with Crippen molar-refractivity contribution < 1.29 is 18.7 Å². The minimum absolute atomic E-state index is 0.228. The second kappa shape index (κ2) is 4.37. The molecule has 0 radical (unpaired) electrons. The number of carbonyl (C=O) groups excluding carboxylic acids is 1. The van der Waals surface area contributed by atoms with Crippen molar-refractivity contribution in [1.82, 2.24) is 4.98 Å². The van der Waals surface area contributed by atoms with Crippen molar-refractivity contribution in [3.63, 3.8) is 0 Å². The third-order valence-electron chi connectivity index (χ3n) is 2.31. The molecule has 0 unspecified atom stereocenters. The van der Waals surface area contributed by atoms with Gasteiger partial charge in [0.05, 0.1) is 0 Å². The van der Waals surface area contributed by atoms with E-state index in [0.717, 1.165) is 5.56 Å². The van der Waals surface area contributed by atoms with E-state index in [-0.39, 0.29) is 17.3 Å². The van der Waals surface area contributed by atoms with E-state index >= 15 is 0 Å². The SMILES string of the molecule is Cc1ccc(-c2nc(C)oc2C(=O)OF)cc1. The lowest BCUT2D eigenvalue weighted by atomic mass is 10.1. The van der Waals surface area contributed by atoms with Crippen molar-refractivity contribution in [3.8, 4) is 11.3 Å². The van der Waals surface area contributed by atoms with Crippen LogP contribution in [0.2, 0.25) is 0 Å². The minimum Gasteiger partial charge on any atom is -0.433 e. The molecule has 0 amide bonds. The normalized spacial score (nSPS) is 10.3. The Hall–Kier alpha value is -2.17. The summed E-state index contributed by atoms with van der Waals surface area (Å²) < 4.78 is 16.9. The zero-order valence-corrected chi connectivity index (χ0v) is 9.36. The van der Waals surface area contributed by atoms with Gasteiger partial charge in [-0.25, -0.2) is 14.7 Å². The summed E-state index contributed by atoms with van der Waals surface area (Å²) in [4.78, 5) is 18.4. The van der Waals surface area contributed by atoms with Crippen LogP contribution in [-0.2, 0) is 4.94 Å². The van der Waals surface area contributed by atoms with E-state index in [1.54, 1.807) is 19.1 Å². The first kappa shape index (κ1) is 11.3. The van der Waals surface area contributed by atoms with E-state index in [4.69, 9.17) is 4.42 Å². The predicted octanol–water partition coefficient (Wildman–Crippen LogP) is 3.00. The number of aryl methyl sites for hydroxylation is 2. The van der Waals surface area contributed by atoms with E-state index in [0.29, 0.717) is 5.56 Å². The van der Waals surface area contributed by atoms with Crippen LogP contribution in [0.5, 0.6) is 0 Å². The number of hydrogen-bond acceptors (Lipinski definition) is 4. The molecule has 1 heterocycles. The van der Waals surface area contributed by atoms with Gasteiger partial charge in [-0.15, -0.1) is 0 Å². The predicted molar refractivity (Wildman–Crippen MR) is 57.9 cm³/mol. The second-order valence-electron chi connectivity index (χ2n) is 3.64. The molecule has 5 heteroatoms. The number of carbonyl (C=O) groups is 1. The first-order chi connectivity index (χ1) is 8.11. The van der Waals surface area contributed by atoms with E-state index in [9.17, 15) is 9.32 Å². The van der Waals surface area contributed by atoms with E-state index in [1.165, 1.54) is 0 Å². The zero-order valence-electron chi connectivity index (χ0n) is 9.36. The van der Waals surface area contributed by atoms with Crippen molar-refractivity contribution in [2.75, 3.05) is 0 Å². The molecule has 0 atom stereocenters. The first-order valence-corrected chi connectivity index (χ1v) is 4.99. The lowest BCUT2D eigenvalue weighted by Crippen LogP contribution is -1.99. The van der Waals surface area contributed by atoms with Crippen LogP contribution < -0.4 is 0 Å². The highest BCUT2D eigenvalue weighted by Gasteiger charge is 2.22. The highest BCUT2D eigenvalue weighted by Crippen LogP contribution is 2.24. The molecule has 0 fully saturated rings. The third kappa shape index (κ3) is 2.18. The Kier molecular flexibility index (Phi) is 2.91. The van der Waals surface area contributed by atoms with Gasteiger partial charge in [0.25, 0.3) is 0 Å². The molecule has 88 valence electrons. The Morgan fingerprint density at radius 2 is 1.94 bits per heavy atom. The van der Waals surface area contributed by atoms with Gasteiger partial charge in [0.2, 0.25) is 5.76 Å². The number of oxazole rings is 1. The van der Waals surface area contributed by atoms with Crippen LogP contribution in [-0.4, -0.2) is 11.0 Å². The molecule has 2 aromatic rings. The van der Waals surface area contributed by atoms with Crippen LogP contribution in [0.25, 0.3) is 11.3 Å². The van der Waals surface area contributed by atoms with Gasteiger partial charge >= 0.3 is 5.97 Å². The van der Waals surface area contributed by atoms with Crippen molar-refractivity contribution in [2.24, 2.45) is 0 Å². The van der Waals surface area contributed by atoms with Gasteiger partial charge in [-0.1, -0.05) is 29.8 Å². The van der Waals surface area contributed by atoms with Crippen molar-refractivity contribution >= 4 is 5.97 Å². The maximum atomic E-state index is 11.9. The monoisotopic (exact) mass is 235 g/mol. The quantitative estimate of drug-likeness (QED) is 0.802.